The molecule has 0 saturated carbocycles. The van der Waals surface area contributed by atoms with Crippen LogP contribution in [0.2, 0.25) is 0 Å². The fraction of sp³-hybridized carbons (Fsp3) is 0.350. The van der Waals surface area contributed by atoms with E-state index >= 15 is 0 Å². The molecular weight excluding hydrogens is 318 g/mol. The molecule has 2 aromatic carbocycles. The Labute approximate surface area is 148 Å². The van der Waals surface area contributed by atoms with Crippen LogP contribution < -0.4 is 14.8 Å². The summed E-state index contributed by atoms with van der Waals surface area (Å²) in [5, 5.41) is 2.88. The zero-order valence-corrected chi connectivity index (χ0v) is 15.0. The lowest BCUT2D eigenvalue weighted by Crippen LogP contribution is -2.15. The molecule has 0 unspecified atom stereocenters. The maximum Gasteiger partial charge on any atom is 0.259 e. The fourth-order valence-electron chi connectivity index (χ4n) is 2.11. The summed E-state index contributed by atoms with van der Waals surface area (Å²) in [6.45, 7) is 5.73. The molecule has 0 aliphatic heterocycles. The van der Waals surface area contributed by atoms with Crippen molar-refractivity contribution in [2.24, 2.45) is 5.92 Å². The fourth-order valence-corrected chi connectivity index (χ4v) is 2.11. The number of ether oxygens (including phenoxy) is 3. The topological polar surface area (TPSA) is 56.8 Å². The number of carbonyl (C=O) groups is 1. The van der Waals surface area contributed by atoms with Gasteiger partial charge in [-0.15, -0.1) is 0 Å². The van der Waals surface area contributed by atoms with Crippen LogP contribution in [-0.2, 0) is 4.74 Å². The van der Waals surface area contributed by atoms with Crippen LogP contribution in [0.5, 0.6) is 11.5 Å². The summed E-state index contributed by atoms with van der Waals surface area (Å²) in [4.78, 5) is 12.5. The SMILES string of the molecule is COCCOc1ccc(NC(=O)c2ccccc2OCC(C)C)cc1. The molecule has 0 aliphatic carbocycles. The summed E-state index contributed by atoms with van der Waals surface area (Å²) in [7, 11) is 1.63. The molecule has 1 amide bonds. The molecule has 0 bridgehead atoms. The third-order valence-corrected chi connectivity index (χ3v) is 3.37. The highest BCUT2D eigenvalue weighted by molar-refractivity contribution is 6.06. The standard InChI is InChI=1S/C20H25NO4/c1-15(2)14-25-19-7-5-4-6-18(19)20(22)21-16-8-10-17(11-9-16)24-13-12-23-3/h4-11,15H,12-14H2,1-3H3,(H,21,22). The minimum atomic E-state index is -0.201. The summed E-state index contributed by atoms with van der Waals surface area (Å²) in [5.41, 5.74) is 1.21. The molecule has 0 saturated heterocycles. The average molecular weight is 343 g/mol. The predicted molar refractivity (Wildman–Crippen MR) is 98.5 cm³/mol. The monoisotopic (exact) mass is 343 g/mol. The first kappa shape index (κ1) is 18.8. The molecule has 0 aliphatic rings. The molecule has 0 radical (unpaired) electrons. The van der Waals surface area contributed by atoms with Gasteiger partial charge in [0.15, 0.2) is 0 Å². The highest BCUT2D eigenvalue weighted by atomic mass is 16.5. The number of carbonyl (C=O) groups excluding carboxylic acids is 1. The Morgan fingerprint density at radius 3 is 2.40 bits per heavy atom. The molecule has 0 aromatic heterocycles. The normalized spacial score (nSPS) is 10.6. The van der Waals surface area contributed by atoms with Crippen LogP contribution in [0.25, 0.3) is 0 Å². The highest BCUT2D eigenvalue weighted by Gasteiger charge is 2.13. The zero-order valence-electron chi connectivity index (χ0n) is 15.0. The molecule has 134 valence electrons. The average Bonchev–Trinajstić information content (AvgIpc) is 2.62. The summed E-state index contributed by atoms with van der Waals surface area (Å²) in [5.74, 6) is 1.51. The maximum absolute atomic E-state index is 12.5. The van der Waals surface area contributed by atoms with Crippen molar-refractivity contribution in [2.75, 3.05) is 32.2 Å². The lowest BCUT2D eigenvalue weighted by atomic mass is 10.1. The molecule has 5 heteroatoms. The van der Waals surface area contributed by atoms with Gasteiger partial charge in [-0.2, -0.15) is 0 Å². The van der Waals surface area contributed by atoms with Crippen LogP contribution in [0.4, 0.5) is 5.69 Å². The minimum Gasteiger partial charge on any atom is -0.492 e. The maximum atomic E-state index is 12.5. The molecule has 0 spiro atoms. The number of hydrogen-bond acceptors (Lipinski definition) is 4. The third-order valence-electron chi connectivity index (χ3n) is 3.37. The van der Waals surface area contributed by atoms with E-state index in [4.69, 9.17) is 14.2 Å². The van der Waals surface area contributed by atoms with E-state index < -0.39 is 0 Å². The van der Waals surface area contributed by atoms with Gasteiger partial charge in [-0.05, 0) is 42.3 Å². The van der Waals surface area contributed by atoms with Gasteiger partial charge in [0, 0.05) is 12.8 Å². The van der Waals surface area contributed by atoms with E-state index in [0.29, 0.717) is 42.7 Å². The predicted octanol–water partition coefficient (Wildman–Crippen LogP) is 4.00. The second kappa shape index (κ2) is 9.69. The van der Waals surface area contributed by atoms with Crippen molar-refractivity contribution in [2.45, 2.75) is 13.8 Å². The van der Waals surface area contributed by atoms with Gasteiger partial charge in [-0.1, -0.05) is 26.0 Å². The quantitative estimate of drug-likeness (QED) is 0.699. The van der Waals surface area contributed by atoms with Gasteiger partial charge in [0.2, 0.25) is 0 Å². The molecule has 2 rings (SSSR count). The molecule has 2 aromatic rings. The van der Waals surface area contributed by atoms with Crippen molar-refractivity contribution in [1.82, 2.24) is 0 Å². The van der Waals surface area contributed by atoms with Crippen LogP contribution >= 0.6 is 0 Å². The molecule has 0 fully saturated rings. The van der Waals surface area contributed by atoms with Crippen LogP contribution in [0.3, 0.4) is 0 Å². The van der Waals surface area contributed by atoms with Gasteiger partial charge in [-0.25, -0.2) is 0 Å². The Kier molecular flexibility index (Phi) is 7.29. The van der Waals surface area contributed by atoms with Gasteiger partial charge in [0.1, 0.15) is 18.1 Å². The second-order valence-electron chi connectivity index (χ2n) is 6.02. The molecular formula is C20H25NO4. The van der Waals surface area contributed by atoms with E-state index in [1.165, 1.54) is 0 Å². The van der Waals surface area contributed by atoms with Crippen molar-refractivity contribution in [3.63, 3.8) is 0 Å². The largest absolute Gasteiger partial charge is 0.492 e. The first-order valence-electron chi connectivity index (χ1n) is 8.35. The van der Waals surface area contributed by atoms with E-state index in [2.05, 4.69) is 19.2 Å². The number of amides is 1. The lowest BCUT2D eigenvalue weighted by molar-refractivity contribution is 0.102. The Bertz CT molecular complexity index is 668. The van der Waals surface area contributed by atoms with Gasteiger partial charge in [-0.3, -0.25) is 4.79 Å². The molecule has 25 heavy (non-hydrogen) atoms. The smallest absolute Gasteiger partial charge is 0.259 e. The van der Waals surface area contributed by atoms with Crippen molar-refractivity contribution in [3.05, 3.63) is 54.1 Å². The van der Waals surface area contributed by atoms with Crippen LogP contribution in [-0.4, -0.2) is 32.8 Å². The van der Waals surface area contributed by atoms with E-state index in [0.717, 1.165) is 5.75 Å². The minimum absolute atomic E-state index is 0.201. The van der Waals surface area contributed by atoms with Gasteiger partial charge in [0.25, 0.3) is 5.91 Å². The summed E-state index contributed by atoms with van der Waals surface area (Å²) in [6.07, 6.45) is 0. The molecule has 0 heterocycles. The number of rotatable bonds is 9. The Hall–Kier alpha value is -2.53. The summed E-state index contributed by atoms with van der Waals surface area (Å²) in [6, 6.07) is 14.5. The van der Waals surface area contributed by atoms with E-state index in [9.17, 15) is 4.79 Å². The Morgan fingerprint density at radius 2 is 1.72 bits per heavy atom. The second-order valence-corrected chi connectivity index (χ2v) is 6.02. The van der Waals surface area contributed by atoms with Crippen molar-refractivity contribution in [1.29, 1.82) is 0 Å². The summed E-state index contributed by atoms with van der Waals surface area (Å²) < 4.78 is 16.2. The third kappa shape index (κ3) is 6.12. The molecule has 5 nitrogen and oxygen atoms in total. The van der Waals surface area contributed by atoms with Crippen molar-refractivity contribution < 1.29 is 19.0 Å². The first-order valence-corrected chi connectivity index (χ1v) is 8.35. The van der Waals surface area contributed by atoms with E-state index in [1.54, 1.807) is 25.3 Å². The Balaban J connectivity index is 1.99. The highest BCUT2D eigenvalue weighted by Crippen LogP contribution is 2.21. The number of nitrogens with one attached hydrogen (secondary N) is 1. The number of para-hydroxylation sites is 1. The number of benzene rings is 2. The lowest BCUT2D eigenvalue weighted by Gasteiger charge is -2.13. The van der Waals surface area contributed by atoms with E-state index in [-0.39, 0.29) is 5.91 Å². The zero-order chi connectivity index (χ0) is 18.1. The van der Waals surface area contributed by atoms with Crippen molar-refractivity contribution in [3.8, 4) is 11.5 Å². The van der Waals surface area contributed by atoms with Gasteiger partial charge in [0.05, 0.1) is 18.8 Å². The van der Waals surface area contributed by atoms with Crippen molar-refractivity contribution >= 4 is 11.6 Å². The Morgan fingerprint density at radius 1 is 1.00 bits per heavy atom. The van der Waals surface area contributed by atoms with Crippen LogP contribution in [0.15, 0.2) is 48.5 Å². The van der Waals surface area contributed by atoms with Crippen LogP contribution in [0.1, 0.15) is 24.2 Å². The van der Waals surface area contributed by atoms with E-state index in [1.807, 2.05) is 30.3 Å². The van der Waals surface area contributed by atoms with Gasteiger partial charge < -0.3 is 19.5 Å². The van der Waals surface area contributed by atoms with Gasteiger partial charge >= 0.3 is 0 Å². The molecule has 0 atom stereocenters. The first-order chi connectivity index (χ1) is 12.1. The summed E-state index contributed by atoms with van der Waals surface area (Å²) >= 11 is 0. The number of methoxy groups -OCH3 is 1. The van der Waals surface area contributed by atoms with Crippen LogP contribution in [0, 0.1) is 5.92 Å². The number of anilines is 1. The molecule has 1 N–H and O–H groups in total. The number of hydrogen-bond donors (Lipinski definition) is 1.